The largest absolute Gasteiger partial charge is 0.346 e. The fraction of sp³-hybridized carbons (Fsp3) is 0.0645. The van der Waals surface area contributed by atoms with E-state index in [9.17, 15) is 9.59 Å². The number of aromatic nitrogens is 4. The van der Waals surface area contributed by atoms with Crippen LogP contribution in [0.3, 0.4) is 0 Å². The van der Waals surface area contributed by atoms with E-state index in [1.165, 1.54) is 6.20 Å². The zero-order valence-corrected chi connectivity index (χ0v) is 20.6. The lowest BCUT2D eigenvalue weighted by Crippen LogP contribution is -2.29. The van der Waals surface area contributed by atoms with Crippen LogP contribution in [0.5, 0.6) is 0 Å². The molecule has 184 valence electrons. The van der Waals surface area contributed by atoms with E-state index in [4.69, 9.17) is 4.98 Å². The van der Waals surface area contributed by atoms with Crippen molar-refractivity contribution in [2.24, 2.45) is 0 Å². The summed E-state index contributed by atoms with van der Waals surface area (Å²) in [6, 6.07) is 27.1. The summed E-state index contributed by atoms with van der Waals surface area (Å²) in [4.78, 5) is 43.2. The highest BCUT2D eigenvalue weighted by Gasteiger charge is 2.18. The highest BCUT2D eigenvalue weighted by atomic mass is 16.2. The van der Waals surface area contributed by atoms with E-state index in [1.807, 2.05) is 91.9 Å². The van der Waals surface area contributed by atoms with Crippen LogP contribution in [0.4, 0.5) is 0 Å². The molecular formula is C31H23N5O2. The second-order valence-corrected chi connectivity index (χ2v) is 9.04. The Labute approximate surface area is 218 Å². The smallest absolute Gasteiger partial charge is 0.257 e. The summed E-state index contributed by atoms with van der Waals surface area (Å²) in [6.45, 7) is 2.11. The Morgan fingerprint density at radius 3 is 2.61 bits per heavy atom. The first-order valence-electron chi connectivity index (χ1n) is 12.2. The number of aromatic amines is 1. The van der Waals surface area contributed by atoms with Gasteiger partial charge in [0.25, 0.3) is 5.91 Å². The number of nitrogens with zero attached hydrogens (tertiary/aromatic N) is 3. The molecule has 4 aromatic heterocycles. The van der Waals surface area contributed by atoms with Gasteiger partial charge >= 0.3 is 0 Å². The summed E-state index contributed by atoms with van der Waals surface area (Å²) in [6.07, 6.45) is 3.18. The lowest BCUT2D eigenvalue weighted by atomic mass is 9.96. The summed E-state index contributed by atoms with van der Waals surface area (Å²) in [7, 11) is 0. The standard InChI is InChI=1S/C31H23N5O2/c1-19-7-5-11-23(35-19)17-34-31(38)26-18-33-30-25(29(26)37)16-24(28(36-30)20-8-3-2-4-9-20)21-12-13-27-22(15-21)10-6-14-32-27/h2-16,18H,17H2,1H3,(H,34,38)(H,33,36,37). The Balaban J connectivity index is 1.46. The number of amides is 1. The Morgan fingerprint density at radius 2 is 1.76 bits per heavy atom. The van der Waals surface area contributed by atoms with E-state index in [-0.39, 0.29) is 17.5 Å². The molecule has 6 rings (SSSR count). The van der Waals surface area contributed by atoms with Crippen molar-refractivity contribution < 1.29 is 4.79 Å². The van der Waals surface area contributed by atoms with Gasteiger partial charge in [0.15, 0.2) is 0 Å². The van der Waals surface area contributed by atoms with Crippen molar-refractivity contribution in [3.8, 4) is 22.4 Å². The molecule has 0 saturated heterocycles. The number of aryl methyl sites for hydroxylation is 1. The van der Waals surface area contributed by atoms with E-state index in [1.54, 1.807) is 6.20 Å². The zero-order chi connectivity index (χ0) is 26.1. The molecule has 0 spiro atoms. The number of H-pyrrole nitrogens is 1. The highest BCUT2D eigenvalue weighted by molar-refractivity contribution is 5.99. The topological polar surface area (TPSA) is 101 Å². The van der Waals surface area contributed by atoms with Crippen LogP contribution >= 0.6 is 0 Å². The molecular weight excluding hydrogens is 474 g/mol. The third-order valence-corrected chi connectivity index (χ3v) is 6.45. The van der Waals surface area contributed by atoms with Gasteiger partial charge in [-0.15, -0.1) is 0 Å². The van der Waals surface area contributed by atoms with Gasteiger partial charge in [0.2, 0.25) is 5.43 Å². The number of hydrogen-bond donors (Lipinski definition) is 2. The average Bonchev–Trinajstić information content (AvgIpc) is 2.96. The molecule has 2 aromatic carbocycles. The molecule has 0 unspecified atom stereocenters. The first-order valence-corrected chi connectivity index (χ1v) is 12.2. The van der Waals surface area contributed by atoms with E-state index in [2.05, 4.69) is 20.3 Å². The van der Waals surface area contributed by atoms with Crippen LogP contribution in [0.15, 0.2) is 102 Å². The maximum atomic E-state index is 13.5. The molecule has 0 radical (unpaired) electrons. The fourth-order valence-electron chi connectivity index (χ4n) is 4.56. The minimum atomic E-state index is -0.470. The van der Waals surface area contributed by atoms with Crippen LogP contribution in [-0.4, -0.2) is 25.8 Å². The van der Waals surface area contributed by atoms with Gasteiger partial charge in [0, 0.05) is 34.6 Å². The summed E-state index contributed by atoms with van der Waals surface area (Å²) in [5, 5.41) is 4.13. The fourth-order valence-corrected chi connectivity index (χ4v) is 4.56. The van der Waals surface area contributed by atoms with Gasteiger partial charge in [-0.2, -0.15) is 0 Å². The molecule has 0 bridgehead atoms. The van der Waals surface area contributed by atoms with Crippen LogP contribution in [0.25, 0.3) is 44.3 Å². The maximum absolute atomic E-state index is 13.5. The second-order valence-electron chi connectivity index (χ2n) is 9.04. The lowest BCUT2D eigenvalue weighted by molar-refractivity contribution is 0.0949. The van der Waals surface area contributed by atoms with Crippen LogP contribution in [-0.2, 0) is 6.54 Å². The summed E-state index contributed by atoms with van der Waals surface area (Å²) in [5.74, 6) is -0.470. The SMILES string of the molecule is Cc1cccc(CNC(=O)c2c[nH]c3nc(-c4ccccc4)c(-c4ccc5ncccc5c4)cc3c2=O)n1. The van der Waals surface area contributed by atoms with Gasteiger partial charge in [-0.3, -0.25) is 19.6 Å². The molecule has 6 aromatic rings. The minimum absolute atomic E-state index is 0.0214. The Kier molecular flexibility index (Phi) is 5.94. The minimum Gasteiger partial charge on any atom is -0.346 e. The first-order chi connectivity index (χ1) is 18.6. The first kappa shape index (κ1) is 23.2. The number of benzene rings is 2. The third-order valence-electron chi connectivity index (χ3n) is 6.45. The number of nitrogens with one attached hydrogen (secondary N) is 2. The number of pyridine rings is 4. The normalized spacial score (nSPS) is 11.1. The zero-order valence-electron chi connectivity index (χ0n) is 20.6. The average molecular weight is 498 g/mol. The molecule has 0 aliphatic rings. The van der Waals surface area contributed by atoms with Crippen LogP contribution in [0.1, 0.15) is 21.7 Å². The van der Waals surface area contributed by atoms with Crippen molar-refractivity contribution in [2.45, 2.75) is 13.5 Å². The molecule has 38 heavy (non-hydrogen) atoms. The van der Waals surface area contributed by atoms with Crippen molar-refractivity contribution in [2.75, 3.05) is 0 Å². The highest BCUT2D eigenvalue weighted by Crippen LogP contribution is 2.33. The Hall–Kier alpha value is -5.17. The van der Waals surface area contributed by atoms with Gasteiger partial charge in [0.05, 0.1) is 28.8 Å². The molecule has 0 atom stereocenters. The number of hydrogen-bond acceptors (Lipinski definition) is 5. The molecule has 4 heterocycles. The molecule has 2 N–H and O–H groups in total. The number of fused-ring (bicyclic) bond motifs is 2. The molecule has 0 aliphatic heterocycles. The number of carbonyl (C=O) groups is 1. The van der Waals surface area contributed by atoms with Crippen molar-refractivity contribution in [3.63, 3.8) is 0 Å². The van der Waals surface area contributed by atoms with E-state index in [0.29, 0.717) is 11.0 Å². The molecule has 0 saturated carbocycles. The van der Waals surface area contributed by atoms with Crippen molar-refractivity contribution in [1.29, 1.82) is 0 Å². The molecule has 0 fully saturated rings. The summed E-state index contributed by atoms with van der Waals surface area (Å²) >= 11 is 0. The predicted molar refractivity (Wildman–Crippen MR) is 149 cm³/mol. The second kappa shape index (κ2) is 9.71. The van der Waals surface area contributed by atoms with Gasteiger partial charge in [0.1, 0.15) is 11.2 Å². The lowest BCUT2D eigenvalue weighted by Gasteiger charge is -2.13. The van der Waals surface area contributed by atoms with Crippen molar-refractivity contribution >= 4 is 27.8 Å². The van der Waals surface area contributed by atoms with Gasteiger partial charge in [-0.1, -0.05) is 48.5 Å². The molecule has 7 heteroatoms. The van der Waals surface area contributed by atoms with Gasteiger partial charge < -0.3 is 10.3 Å². The van der Waals surface area contributed by atoms with Crippen LogP contribution in [0, 0.1) is 6.92 Å². The van der Waals surface area contributed by atoms with E-state index in [0.717, 1.165) is 44.7 Å². The monoisotopic (exact) mass is 497 g/mol. The van der Waals surface area contributed by atoms with Gasteiger partial charge in [-0.25, -0.2) is 4.98 Å². The molecule has 0 aliphatic carbocycles. The quantitative estimate of drug-likeness (QED) is 0.330. The van der Waals surface area contributed by atoms with Crippen molar-refractivity contribution in [3.05, 3.63) is 124 Å². The third kappa shape index (κ3) is 4.41. The number of carbonyl (C=O) groups excluding carboxylic acids is 1. The Morgan fingerprint density at radius 1 is 0.895 bits per heavy atom. The van der Waals surface area contributed by atoms with Crippen LogP contribution < -0.4 is 10.7 Å². The van der Waals surface area contributed by atoms with E-state index < -0.39 is 5.91 Å². The maximum Gasteiger partial charge on any atom is 0.257 e. The van der Waals surface area contributed by atoms with Crippen molar-refractivity contribution in [1.82, 2.24) is 25.3 Å². The predicted octanol–water partition coefficient (Wildman–Crippen LogP) is 5.44. The number of rotatable bonds is 5. The molecule has 1 amide bonds. The van der Waals surface area contributed by atoms with Gasteiger partial charge in [-0.05, 0) is 48.9 Å². The van der Waals surface area contributed by atoms with E-state index >= 15 is 0 Å². The summed E-state index contributed by atoms with van der Waals surface area (Å²) in [5.41, 5.74) is 5.86. The van der Waals surface area contributed by atoms with Crippen LogP contribution in [0.2, 0.25) is 0 Å². The summed E-state index contributed by atoms with van der Waals surface area (Å²) < 4.78 is 0. The molecule has 7 nitrogen and oxygen atoms in total. The Bertz CT molecular complexity index is 1880.